The average Bonchev–Trinajstić information content (AvgIpc) is 3.41. The smallest absolute Gasteiger partial charge is 0.410 e. The fourth-order valence-corrected chi connectivity index (χ4v) is 4.24. The molecule has 0 aromatic heterocycles. The number of likely N-dealkylation sites (tertiary alicyclic amines) is 1. The maximum Gasteiger partial charge on any atom is 0.410 e. The lowest BCUT2D eigenvalue weighted by atomic mass is 10.1. The highest BCUT2D eigenvalue weighted by molar-refractivity contribution is 6.32. The number of carbonyl (C=O) groups excluding carboxylic acids is 1. The van der Waals surface area contributed by atoms with Crippen molar-refractivity contribution in [2.45, 2.75) is 77.0 Å². The van der Waals surface area contributed by atoms with E-state index in [1.807, 2.05) is 20.8 Å². The second-order valence-corrected chi connectivity index (χ2v) is 9.70. The summed E-state index contributed by atoms with van der Waals surface area (Å²) in [4.78, 5) is 22.4. The van der Waals surface area contributed by atoms with Gasteiger partial charge in [-0.2, -0.15) is 0 Å². The maximum atomic E-state index is 12.1. The van der Waals surface area contributed by atoms with Gasteiger partial charge in [0.05, 0.1) is 6.04 Å². The lowest BCUT2D eigenvalue weighted by Crippen LogP contribution is -2.43. The topological polar surface area (TPSA) is 66.3 Å². The molecule has 2 fully saturated rings. The second kappa shape index (κ2) is 9.63. The molecular weight excluding hydrogens is 411 g/mol. The molecule has 0 spiro atoms. The molecule has 4 aliphatic rings. The van der Waals surface area contributed by atoms with Gasteiger partial charge in [-0.3, -0.25) is 14.9 Å². The van der Waals surface area contributed by atoms with Gasteiger partial charge in [-0.25, -0.2) is 4.79 Å². The number of allylic oxidation sites excluding steroid dienone is 2. The van der Waals surface area contributed by atoms with Crippen LogP contribution >= 0.6 is 23.2 Å². The first-order valence-corrected chi connectivity index (χ1v) is 11.0. The molecule has 4 aliphatic heterocycles. The van der Waals surface area contributed by atoms with Gasteiger partial charge in [0.15, 0.2) is 0 Å². The summed E-state index contributed by atoms with van der Waals surface area (Å²) >= 11 is 11.7. The van der Waals surface area contributed by atoms with Crippen LogP contribution in [-0.4, -0.2) is 53.2 Å². The Labute approximate surface area is 183 Å². The van der Waals surface area contributed by atoms with Crippen LogP contribution in [0.1, 0.15) is 59.3 Å². The number of aliphatic imine (C=N–C) groups is 2. The van der Waals surface area contributed by atoms with Crippen molar-refractivity contribution in [1.82, 2.24) is 10.2 Å². The van der Waals surface area contributed by atoms with Crippen LogP contribution in [-0.2, 0) is 4.74 Å². The molecule has 0 radical (unpaired) electrons. The number of ether oxygens (including phenoxy) is 1. The standard InChI is InChI=1S/C13H19ClN2O2.C8H11ClN2/c1-13(2,3)18-12(17)16-6-4-5-11(16)10-7-9(14)8-15-10;9-6-4-8(11-5-6)7-2-1-3-10-7/h8,11H,4-7H2,1-3H3;5,7,10H,1-4H2/t11-;7-/m00/s1. The van der Waals surface area contributed by atoms with Crippen LogP contribution in [0.3, 0.4) is 0 Å². The van der Waals surface area contributed by atoms with Crippen LogP contribution in [0.2, 0.25) is 0 Å². The average molecular weight is 441 g/mol. The van der Waals surface area contributed by atoms with E-state index in [9.17, 15) is 4.79 Å². The molecule has 0 aliphatic carbocycles. The Hall–Kier alpha value is -1.37. The van der Waals surface area contributed by atoms with Gasteiger partial charge >= 0.3 is 6.09 Å². The summed E-state index contributed by atoms with van der Waals surface area (Å²) in [5.41, 5.74) is 1.73. The van der Waals surface area contributed by atoms with Crippen LogP contribution in [0.15, 0.2) is 32.4 Å². The molecule has 0 saturated carbocycles. The zero-order valence-electron chi connectivity index (χ0n) is 17.4. The summed E-state index contributed by atoms with van der Waals surface area (Å²) in [5.74, 6) is 0. The summed E-state index contributed by atoms with van der Waals surface area (Å²) in [5, 5.41) is 5.00. The van der Waals surface area contributed by atoms with Crippen LogP contribution in [0.5, 0.6) is 0 Å². The molecule has 1 N–H and O–H groups in total. The fourth-order valence-electron chi connectivity index (χ4n) is 3.87. The second-order valence-electron chi connectivity index (χ2n) is 8.73. The highest BCUT2D eigenvalue weighted by Gasteiger charge is 2.35. The zero-order chi connectivity index (χ0) is 21.0. The van der Waals surface area contributed by atoms with E-state index in [1.54, 1.807) is 17.3 Å². The molecule has 29 heavy (non-hydrogen) atoms. The van der Waals surface area contributed by atoms with E-state index >= 15 is 0 Å². The van der Waals surface area contributed by atoms with Crippen molar-refractivity contribution in [3.8, 4) is 0 Å². The number of carbonyl (C=O) groups is 1. The Kier molecular flexibility index (Phi) is 7.41. The summed E-state index contributed by atoms with van der Waals surface area (Å²) in [7, 11) is 0. The number of rotatable bonds is 2. The van der Waals surface area contributed by atoms with Crippen molar-refractivity contribution >= 4 is 40.7 Å². The summed E-state index contributed by atoms with van der Waals surface area (Å²) < 4.78 is 5.42. The minimum atomic E-state index is -0.461. The van der Waals surface area contributed by atoms with Crippen LogP contribution in [0.4, 0.5) is 4.79 Å². The quantitative estimate of drug-likeness (QED) is 0.658. The number of halogens is 2. The minimum absolute atomic E-state index is 0.0485. The predicted octanol–water partition coefficient (Wildman–Crippen LogP) is 4.97. The first-order valence-electron chi connectivity index (χ1n) is 10.3. The van der Waals surface area contributed by atoms with Crippen molar-refractivity contribution in [2.75, 3.05) is 13.1 Å². The molecule has 6 nitrogen and oxygen atoms in total. The van der Waals surface area contributed by atoms with Gasteiger partial charge in [-0.05, 0) is 53.0 Å². The van der Waals surface area contributed by atoms with Gasteiger partial charge in [0.25, 0.3) is 0 Å². The molecule has 4 heterocycles. The fraction of sp³-hybridized carbons (Fsp3) is 0.667. The Morgan fingerprint density at radius 2 is 1.76 bits per heavy atom. The van der Waals surface area contributed by atoms with E-state index in [2.05, 4.69) is 15.3 Å². The van der Waals surface area contributed by atoms with Gasteiger partial charge in [0.1, 0.15) is 5.60 Å². The third-order valence-electron chi connectivity index (χ3n) is 5.17. The van der Waals surface area contributed by atoms with Gasteiger partial charge in [-0.15, -0.1) is 0 Å². The van der Waals surface area contributed by atoms with Crippen molar-refractivity contribution in [3.63, 3.8) is 0 Å². The SMILES string of the molecule is CC(C)(C)OC(=O)N1CCC[C@H]1C1=NC=C(Cl)C1.ClC1=CN=C([C@@H]2CCCN2)C1. The number of nitrogens with one attached hydrogen (secondary N) is 1. The normalized spacial score (nSPS) is 26.4. The van der Waals surface area contributed by atoms with Crippen LogP contribution < -0.4 is 5.32 Å². The van der Waals surface area contributed by atoms with E-state index < -0.39 is 5.60 Å². The number of hydrogen-bond donors (Lipinski definition) is 1. The minimum Gasteiger partial charge on any atom is -0.444 e. The Bertz CT molecular complexity index is 746. The number of amides is 1. The summed E-state index contributed by atoms with van der Waals surface area (Å²) in [6, 6.07) is 0.551. The van der Waals surface area contributed by atoms with Gasteiger partial charge in [0, 0.05) is 59.3 Å². The van der Waals surface area contributed by atoms with Crippen molar-refractivity contribution in [1.29, 1.82) is 0 Å². The monoisotopic (exact) mass is 440 g/mol. The van der Waals surface area contributed by atoms with E-state index in [1.165, 1.54) is 18.6 Å². The van der Waals surface area contributed by atoms with E-state index in [0.29, 0.717) is 12.5 Å². The molecule has 1 amide bonds. The first-order chi connectivity index (χ1) is 13.7. The van der Waals surface area contributed by atoms with Crippen molar-refractivity contribution in [2.24, 2.45) is 9.98 Å². The lowest BCUT2D eigenvalue weighted by Gasteiger charge is -2.28. The van der Waals surface area contributed by atoms with E-state index in [0.717, 1.165) is 48.1 Å². The molecule has 0 bridgehead atoms. The third kappa shape index (κ3) is 6.30. The molecule has 0 unspecified atom stereocenters. The van der Waals surface area contributed by atoms with Gasteiger partial charge in [-0.1, -0.05) is 23.2 Å². The third-order valence-corrected chi connectivity index (χ3v) is 5.63. The van der Waals surface area contributed by atoms with E-state index in [-0.39, 0.29) is 12.1 Å². The molecular formula is C21H30Cl2N4O2. The largest absolute Gasteiger partial charge is 0.444 e. The van der Waals surface area contributed by atoms with Gasteiger partial charge < -0.3 is 10.1 Å². The highest BCUT2D eigenvalue weighted by atomic mass is 35.5. The zero-order valence-corrected chi connectivity index (χ0v) is 18.9. The molecule has 2 atom stereocenters. The Morgan fingerprint density at radius 1 is 1.10 bits per heavy atom. The summed E-state index contributed by atoms with van der Waals surface area (Å²) in [6.45, 7) is 7.49. The molecule has 2 saturated heterocycles. The Balaban J connectivity index is 0.000000186. The molecule has 4 rings (SSSR count). The molecule has 0 aromatic carbocycles. The maximum absolute atomic E-state index is 12.1. The predicted molar refractivity (Wildman–Crippen MR) is 119 cm³/mol. The number of hydrogen-bond acceptors (Lipinski definition) is 5. The molecule has 0 aromatic rings. The first kappa shape index (κ1) is 22.3. The van der Waals surface area contributed by atoms with Crippen LogP contribution in [0, 0.1) is 0 Å². The molecule has 8 heteroatoms. The highest BCUT2D eigenvalue weighted by Crippen LogP contribution is 2.27. The summed E-state index contributed by atoms with van der Waals surface area (Å²) in [6.07, 6.45) is 9.11. The van der Waals surface area contributed by atoms with Crippen molar-refractivity contribution < 1.29 is 9.53 Å². The lowest BCUT2D eigenvalue weighted by molar-refractivity contribution is 0.0265. The van der Waals surface area contributed by atoms with E-state index in [4.69, 9.17) is 27.9 Å². The van der Waals surface area contributed by atoms with Crippen LogP contribution in [0.25, 0.3) is 0 Å². The number of nitrogens with zero attached hydrogens (tertiary/aromatic N) is 3. The van der Waals surface area contributed by atoms with Crippen molar-refractivity contribution in [3.05, 3.63) is 22.5 Å². The van der Waals surface area contributed by atoms with Gasteiger partial charge in [0.2, 0.25) is 0 Å². The Morgan fingerprint density at radius 3 is 2.28 bits per heavy atom. The molecule has 160 valence electrons.